The van der Waals surface area contributed by atoms with Crippen LogP contribution in [0, 0.1) is 0 Å². The van der Waals surface area contributed by atoms with Crippen molar-refractivity contribution >= 4 is 25.1 Å². The molecule has 0 saturated carbocycles. The number of amides is 1. The van der Waals surface area contributed by atoms with Crippen LogP contribution in [0.5, 0.6) is 5.75 Å². The molecule has 2 aromatic carbocycles. The summed E-state index contributed by atoms with van der Waals surface area (Å²) in [6, 6.07) is 14.1. The van der Waals surface area contributed by atoms with Gasteiger partial charge in [-0.3, -0.25) is 0 Å². The van der Waals surface area contributed by atoms with Crippen molar-refractivity contribution < 1.29 is 27.8 Å². The number of aliphatic hydroxyl groups is 1. The summed E-state index contributed by atoms with van der Waals surface area (Å²) in [5.74, 6) is -0.716. The maximum absolute atomic E-state index is 13.8. The minimum atomic E-state index is -4.63. The predicted octanol–water partition coefficient (Wildman–Crippen LogP) is 2.19. The van der Waals surface area contributed by atoms with Crippen LogP contribution in [0.2, 0.25) is 0 Å². The first-order chi connectivity index (χ1) is 16.6. The molecule has 2 aliphatic rings. The molecular weight excluding hydrogens is 460 g/mol. The number of fused-ring (bicyclic) bond motifs is 1. The molecule has 2 unspecified atom stereocenters. The molecule has 1 saturated heterocycles. The summed E-state index contributed by atoms with van der Waals surface area (Å²) in [5, 5.41) is 9.31. The zero-order valence-corrected chi connectivity index (χ0v) is 19.5. The molecule has 0 aliphatic carbocycles. The van der Waals surface area contributed by atoms with Crippen LogP contribution in [-0.4, -0.2) is 76.8 Å². The second kappa shape index (κ2) is 9.37. The summed E-state index contributed by atoms with van der Waals surface area (Å²) < 4.78 is 46.8. The van der Waals surface area contributed by atoms with Gasteiger partial charge in [0.05, 0.1) is 0 Å². The van der Waals surface area contributed by atoms with Crippen LogP contribution < -0.4 is 4.74 Å². The number of rotatable bonds is 6. The summed E-state index contributed by atoms with van der Waals surface area (Å²) in [6.45, 7) is 2.02. The van der Waals surface area contributed by atoms with Crippen molar-refractivity contribution in [1.82, 2.24) is 14.7 Å². The van der Waals surface area contributed by atoms with Gasteiger partial charge in [0.15, 0.2) is 0 Å². The Morgan fingerprint density at radius 2 is 1.80 bits per heavy atom. The Balaban J connectivity index is 1.78. The molecule has 2 aliphatic heterocycles. The van der Waals surface area contributed by atoms with Gasteiger partial charge in [0.1, 0.15) is 0 Å². The Morgan fingerprint density at radius 3 is 2.46 bits per heavy atom. The molecule has 1 N–H and O–H groups in total. The number of amidine groups is 1. The zero-order chi connectivity index (χ0) is 25.4. The SMILES string of the molecule is B=C1N(CCCO)C(=O)C2(C)C(N=C(Oc3ccccc3C(F)(F)F)N2Cc2ccccc2)N1C. The van der Waals surface area contributed by atoms with Gasteiger partial charge in [0.25, 0.3) is 0 Å². The molecule has 0 radical (unpaired) electrons. The fourth-order valence-electron chi connectivity index (χ4n) is 4.48. The standard InChI is InChI=1S/C24H26BF3N4O3/c1-23-19(30(2)21(25)31(20(23)34)13-8-14-33)29-22(32(23)15-16-9-4-3-5-10-16)35-18-12-7-6-11-17(18)24(26,27)28/h3-7,9-12,19,25,33H,8,13-15H2,1-2H3. The van der Waals surface area contributed by atoms with Gasteiger partial charge in [-0.05, 0) is 0 Å². The van der Waals surface area contributed by atoms with Crippen molar-refractivity contribution in [2.75, 3.05) is 20.2 Å². The number of nitrogens with zero attached hydrogens (tertiary/aromatic N) is 4. The van der Waals surface area contributed by atoms with Gasteiger partial charge in [-0.15, -0.1) is 0 Å². The topological polar surface area (TPSA) is 68.6 Å². The molecule has 1 amide bonds. The molecule has 2 aromatic rings. The van der Waals surface area contributed by atoms with E-state index in [2.05, 4.69) is 12.5 Å². The van der Waals surface area contributed by atoms with Gasteiger partial charge in [-0.2, -0.15) is 0 Å². The molecule has 11 heteroatoms. The Bertz CT molecular complexity index is 1140. The van der Waals surface area contributed by atoms with Crippen LogP contribution in [0.15, 0.2) is 59.6 Å². The third-order valence-electron chi connectivity index (χ3n) is 6.41. The van der Waals surface area contributed by atoms with E-state index in [-0.39, 0.29) is 31.6 Å². The van der Waals surface area contributed by atoms with E-state index in [0.29, 0.717) is 12.1 Å². The number of hydrogen-bond donors (Lipinski definition) is 1. The van der Waals surface area contributed by atoms with Crippen LogP contribution in [0.25, 0.3) is 0 Å². The van der Waals surface area contributed by atoms with Crippen LogP contribution in [0.1, 0.15) is 24.5 Å². The van der Waals surface area contributed by atoms with Gasteiger partial charge >= 0.3 is 202 Å². The average Bonchev–Trinajstić information content (AvgIpc) is 3.11. The van der Waals surface area contributed by atoms with Crippen molar-refractivity contribution in [3.8, 4) is 5.75 Å². The van der Waals surface area contributed by atoms with Crippen LogP contribution in [0.4, 0.5) is 13.2 Å². The number of benzene rings is 2. The van der Waals surface area contributed by atoms with Crippen molar-refractivity contribution in [3.05, 3.63) is 65.7 Å². The van der Waals surface area contributed by atoms with Gasteiger partial charge < -0.3 is 0 Å². The molecule has 35 heavy (non-hydrogen) atoms. The van der Waals surface area contributed by atoms with Gasteiger partial charge in [0.2, 0.25) is 0 Å². The first-order valence-corrected chi connectivity index (χ1v) is 11.2. The number of likely N-dealkylation sites (N-methyl/N-ethyl adjacent to an activating group) is 1. The van der Waals surface area contributed by atoms with Crippen molar-refractivity contribution in [2.45, 2.75) is 37.8 Å². The Hall–Kier alpha value is -3.34. The van der Waals surface area contributed by atoms with Crippen molar-refractivity contribution in [2.24, 2.45) is 4.99 Å². The van der Waals surface area contributed by atoms with Crippen LogP contribution in [0.3, 0.4) is 0 Å². The van der Waals surface area contributed by atoms with E-state index in [4.69, 9.17) is 4.74 Å². The van der Waals surface area contributed by atoms with E-state index in [1.807, 2.05) is 30.3 Å². The Labute approximate surface area is 202 Å². The quantitative estimate of drug-likeness (QED) is 0.635. The third kappa shape index (κ3) is 4.40. The molecule has 0 spiro atoms. The minimum absolute atomic E-state index is 0.0879. The number of carbonyl (C=O) groups is 1. The predicted molar refractivity (Wildman–Crippen MR) is 127 cm³/mol. The number of ether oxygens (including phenoxy) is 1. The third-order valence-corrected chi connectivity index (χ3v) is 6.41. The van der Waals surface area contributed by atoms with E-state index in [1.54, 1.807) is 23.8 Å². The first kappa shape index (κ1) is 24.8. The van der Waals surface area contributed by atoms with E-state index in [9.17, 15) is 23.1 Å². The number of carbonyl (C=O) groups excluding carboxylic acids is 1. The van der Waals surface area contributed by atoms with Crippen molar-refractivity contribution in [1.29, 1.82) is 0 Å². The van der Waals surface area contributed by atoms with E-state index < -0.39 is 29.2 Å². The number of alkyl halides is 3. The molecule has 2 heterocycles. The Kier molecular flexibility index (Phi) is 6.63. The fraction of sp³-hybridized carbons (Fsp3) is 0.375. The van der Waals surface area contributed by atoms with Crippen LogP contribution in [-0.2, 0) is 17.5 Å². The monoisotopic (exact) mass is 486 g/mol. The molecule has 7 nitrogen and oxygen atoms in total. The summed E-state index contributed by atoms with van der Waals surface area (Å²) in [6.07, 6.45) is -5.05. The van der Waals surface area contributed by atoms with Crippen LogP contribution >= 0.6 is 0 Å². The molecule has 4 rings (SSSR count). The molecular formula is C24H26BF3N4O3. The summed E-state index contributed by atoms with van der Waals surface area (Å²) in [7, 11) is 5.73. The van der Waals surface area contributed by atoms with Gasteiger partial charge in [-0.25, -0.2) is 0 Å². The second-order valence-electron chi connectivity index (χ2n) is 8.66. The number of aliphatic hydroxyl groups excluding tert-OH is 1. The average molecular weight is 486 g/mol. The van der Waals surface area contributed by atoms with E-state index >= 15 is 0 Å². The Morgan fingerprint density at radius 1 is 1.14 bits per heavy atom. The first-order valence-electron chi connectivity index (χ1n) is 11.2. The molecule has 2 atom stereocenters. The molecule has 184 valence electrons. The maximum atomic E-state index is 13.8. The number of para-hydroxylation sites is 1. The fourth-order valence-corrected chi connectivity index (χ4v) is 4.48. The normalized spacial score (nSPS) is 22.4. The summed E-state index contributed by atoms with van der Waals surface area (Å²) in [4.78, 5) is 23.2. The molecule has 0 bridgehead atoms. The second-order valence-corrected chi connectivity index (χ2v) is 8.66. The van der Waals surface area contributed by atoms with E-state index in [1.165, 1.54) is 23.1 Å². The molecule has 1 fully saturated rings. The number of hydrogen-bond acceptors (Lipinski definition) is 6. The number of halogens is 3. The van der Waals surface area contributed by atoms with Gasteiger partial charge in [-0.1, -0.05) is 0 Å². The summed E-state index contributed by atoms with van der Waals surface area (Å²) >= 11 is 0. The molecule has 0 aromatic heterocycles. The van der Waals surface area contributed by atoms with E-state index in [0.717, 1.165) is 11.6 Å². The number of aliphatic imine (C=N–C) groups is 1. The van der Waals surface area contributed by atoms with Gasteiger partial charge in [0, 0.05) is 0 Å². The zero-order valence-electron chi connectivity index (χ0n) is 19.5. The summed E-state index contributed by atoms with van der Waals surface area (Å²) in [5.41, 5.74) is -0.997. The van der Waals surface area contributed by atoms with Crippen molar-refractivity contribution in [3.63, 3.8) is 0 Å².